The second kappa shape index (κ2) is 5.95. The molecule has 0 saturated carbocycles. The Morgan fingerprint density at radius 3 is 2.60 bits per heavy atom. The van der Waals surface area contributed by atoms with E-state index in [1.165, 1.54) is 0 Å². The van der Waals surface area contributed by atoms with E-state index in [0.29, 0.717) is 4.38 Å². The van der Waals surface area contributed by atoms with Crippen LogP contribution in [0.25, 0.3) is 0 Å². The average Bonchev–Trinajstić information content (AvgIpc) is 1.88. The lowest BCUT2D eigenvalue weighted by atomic mass is 9.91. The maximum atomic E-state index is 8.56. The average molecular weight is 207 g/mol. The molecule has 0 saturated heterocycles. The number of allylic oxidation sites excluding steroid dienone is 1. The van der Waals surface area contributed by atoms with Crippen molar-refractivity contribution in [3.05, 3.63) is 10.5 Å². The molecule has 58 valence electrons. The molecule has 0 aliphatic rings. The monoisotopic (exact) mass is 206 g/mol. The smallest absolute Gasteiger partial charge is 0.423 e. The molecule has 4 heteroatoms. The standard InChI is InChI=1S/C6H12BBrO2/c1-2-3-4-5-6(8)7(9)10/h5,9-10H,2-4H2,1H3/b6-5-. The SMILES string of the molecule is CCCC/C=C(\Br)B(O)O. The minimum absolute atomic E-state index is 0.459. The van der Waals surface area contributed by atoms with E-state index in [0.717, 1.165) is 19.3 Å². The summed E-state index contributed by atoms with van der Waals surface area (Å²) in [4.78, 5) is 0. The van der Waals surface area contributed by atoms with E-state index < -0.39 is 7.12 Å². The quantitative estimate of drug-likeness (QED) is 0.541. The van der Waals surface area contributed by atoms with Crippen LogP contribution in [-0.2, 0) is 0 Å². The topological polar surface area (TPSA) is 40.5 Å². The fourth-order valence-electron chi connectivity index (χ4n) is 0.549. The van der Waals surface area contributed by atoms with Crippen LogP contribution >= 0.6 is 15.9 Å². The van der Waals surface area contributed by atoms with Crippen LogP contribution < -0.4 is 0 Å². The summed E-state index contributed by atoms with van der Waals surface area (Å²) in [5, 5.41) is 17.1. The minimum Gasteiger partial charge on any atom is -0.423 e. The van der Waals surface area contributed by atoms with Gasteiger partial charge in [-0.25, -0.2) is 0 Å². The van der Waals surface area contributed by atoms with Crippen molar-refractivity contribution < 1.29 is 10.0 Å². The van der Waals surface area contributed by atoms with Crippen molar-refractivity contribution in [3.8, 4) is 0 Å². The van der Waals surface area contributed by atoms with Crippen LogP contribution in [0.1, 0.15) is 26.2 Å². The predicted molar refractivity (Wildman–Crippen MR) is 46.7 cm³/mol. The van der Waals surface area contributed by atoms with Crippen LogP contribution in [-0.4, -0.2) is 17.2 Å². The lowest BCUT2D eigenvalue weighted by molar-refractivity contribution is 0.423. The van der Waals surface area contributed by atoms with E-state index in [1.807, 2.05) is 0 Å². The largest absolute Gasteiger partial charge is 0.495 e. The minimum atomic E-state index is -1.35. The highest BCUT2D eigenvalue weighted by molar-refractivity contribution is 9.12. The highest BCUT2D eigenvalue weighted by atomic mass is 79.9. The molecule has 0 amide bonds. The van der Waals surface area contributed by atoms with Gasteiger partial charge in [0.05, 0.1) is 0 Å². The third-order valence-corrected chi connectivity index (χ3v) is 1.88. The first-order valence-corrected chi connectivity index (χ1v) is 4.19. The third kappa shape index (κ3) is 5.03. The maximum absolute atomic E-state index is 8.56. The van der Waals surface area contributed by atoms with E-state index in [1.54, 1.807) is 6.08 Å². The van der Waals surface area contributed by atoms with Gasteiger partial charge in [-0.15, -0.1) is 0 Å². The molecule has 0 aromatic heterocycles. The van der Waals surface area contributed by atoms with Gasteiger partial charge in [-0.1, -0.05) is 41.8 Å². The van der Waals surface area contributed by atoms with Gasteiger partial charge in [-0.3, -0.25) is 0 Å². The van der Waals surface area contributed by atoms with Crippen molar-refractivity contribution in [2.45, 2.75) is 26.2 Å². The first-order chi connectivity index (χ1) is 4.68. The maximum Gasteiger partial charge on any atom is 0.495 e. The van der Waals surface area contributed by atoms with Crippen LogP contribution in [0.3, 0.4) is 0 Å². The van der Waals surface area contributed by atoms with Gasteiger partial charge >= 0.3 is 7.12 Å². The van der Waals surface area contributed by atoms with Gasteiger partial charge in [-0.05, 0) is 6.42 Å². The Morgan fingerprint density at radius 2 is 2.20 bits per heavy atom. The molecule has 0 unspecified atom stereocenters. The normalized spacial score (nSPS) is 11.8. The zero-order chi connectivity index (χ0) is 7.98. The van der Waals surface area contributed by atoms with E-state index >= 15 is 0 Å². The van der Waals surface area contributed by atoms with E-state index in [4.69, 9.17) is 10.0 Å². The molecular weight excluding hydrogens is 195 g/mol. The number of hydrogen-bond donors (Lipinski definition) is 2. The Labute approximate surface area is 70.2 Å². The Bertz CT molecular complexity index is 114. The van der Waals surface area contributed by atoms with Gasteiger partial charge in [0, 0.05) is 4.38 Å². The van der Waals surface area contributed by atoms with Crippen LogP contribution in [0, 0.1) is 0 Å². The number of unbranched alkanes of at least 4 members (excludes halogenated alkanes) is 2. The Kier molecular flexibility index (Phi) is 6.07. The lowest BCUT2D eigenvalue weighted by Gasteiger charge is -1.94. The van der Waals surface area contributed by atoms with Crippen LogP contribution in [0.15, 0.2) is 10.5 Å². The summed E-state index contributed by atoms with van der Waals surface area (Å²) < 4.78 is 0.459. The van der Waals surface area contributed by atoms with Crippen molar-refractivity contribution >= 4 is 23.0 Å². The highest BCUT2D eigenvalue weighted by Crippen LogP contribution is 2.08. The highest BCUT2D eigenvalue weighted by Gasteiger charge is 2.09. The molecule has 0 aliphatic heterocycles. The second-order valence-corrected chi connectivity index (χ2v) is 3.02. The fourth-order valence-corrected chi connectivity index (χ4v) is 0.778. The van der Waals surface area contributed by atoms with Crippen molar-refractivity contribution in [1.29, 1.82) is 0 Å². The Balaban J connectivity index is 3.48. The van der Waals surface area contributed by atoms with E-state index in [2.05, 4.69) is 22.9 Å². The molecule has 0 spiro atoms. The predicted octanol–water partition coefficient (Wildman–Crippen LogP) is 1.47. The lowest BCUT2D eigenvalue weighted by Crippen LogP contribution is -2.10. The molecule has 0 heterocycles. The summed E-state index contributed by atoms with van der Waals surface area (Å²) >= 11 is 3.03. The molecule has 0 aromatic rings. The number of rotatable bonds is 4. The Hall–Kier alpha value is 0.205. The van der Waals surface area contributed by atoms with Gasteiger partial charge in [-0.2, -0.15) is 0 Å². The van der Waals surface area contributed by atoms with Crippen LogP contribution in [0.2, 0.25) is 0 Å². The molecular formula is C6H12BBrO2. The van der Waals surface area contributed by atoms with Gasteiger partial charge in [0.1, 0.15) is 0 Å². The first-order valence-electron chi connectivity index (χ1n) is 3.40. The van der Waals surface area contributed by atoms with Crippen molar-refractivity contribution in [3.63, 3.8) is 0 Å². The summed E-state index contributed by atoms with van der Waals surface area (Å²) in [6, 6.07) is 0. The molecule has 0 atom stereocenters. The zero-order valence-electron chi connectivity index (χ0n) is 6.05. The molecule has 0 bridgehead atoms. The summed E-state index contributed by atoms with van der Waals surface area (Å²) in [6.45, 7) is 2.09. The van der Waals surface area contributed by atoms with Crippen molar-refractivity contribution in [2.24, 2.45) is 0 Å². The van der Waals surface area contributed by atoms with Gasteiger partial charge in [0.25, 0.3) is 0 Å². The van der Waals surface area contributed by atoms with E-state index in [9.17, 15) is 0 Å². The molecule has 0 radical (unpaired) electrons. The van der Waals surface area contributed by atoms with Crippen molar-refractivity contribution in [2.75, 3.05) is 0 Å². The van der Waals surface area contributed by atoms with E-state index in [-0.39, 0.29) is 0 Å². The van der Waals surface area contributed by atoms with Gasteiger partial charge < -0.3 is 10.0 Å². The molecule has 2 nitrogen and oxygen atoms in total. The fraction of sp³-hybridized carbons (Fsp3) is 0.667. The zero-order valence-corrected chi connectivity index (χ0v) is 7.63. The van der Waals surface area contributed by atoms with Crippen molar-refractivity contribution in [1.82, 2.24) is 0 Å². The molecule has 10 heavy (non-hydrogen) atoms. The van der Waals surface area contributed by atoms with Crippen LogP contribution in [0.5, 0.6) is 0 Å². The number of hydrogen-bond acceptors (Lipinski definition) is 2. The summed E-state index contributed by atoms with van der Waals surface area (Å²) in [5.41, 5.74) is 0. The first kappa shape index (κ1) is 10.2. The number of halogens is 1. The summed E-state index contributed by atoms with van der Waals surface area (Å²) in [7, 11) is -1.35. The molecule has 0 aliphatic carbocycles. The van der Waals surface area contributed by atoms with Gasteiger partial charge in [0.15, 0.2) is 0 Å². The second-order valence-electron chi connectivity index (χ2n) is 2.10. The summed E-state index contributed by atoms with van der Waals surface area (Å²) in [5.74, 6) is 0. The molecule has 2 N–H and O–H groups in total. The molecule has 0 fully saturated rings. The van der Waals surface area contributed by atoms with Crippen LogP contribution in [0.4, 0.5) is 0 Å². The summed E-state index contributed by atoms with van der Waals surface area (Å²) in [6.07, 6.45) is 4.89. The molecule has 0 rings (SSSR count). The third-order valence-electron chi connectivity index (χ3n) is 1.14. The Morgan fingerprint density at radius 1 is 1.60 bits per heavy atom. The molecule has 0 aromatic carbocycles. The van der Waals surface area contributed by atoms with Gasteiger partial charge in [0.2, 0.25) is 0 Å².